The summed E-state index contributed by atoms with van der Waals surface area (Å²) >= 11 is 5.94. The van der Waals surface area contributed by atoms with Gasteiger partial charge in [0, 0.05) is 17.6 Å². The van der Waals surface area contributed by atoms with Gasteiger partial charge in [-0.1, -0.05) is 30.2 Å². The van der Waals surface area contributed by atoms with Crippen molar-refractivity contribution in [3.63, 3.8) is 0 Å². The van der Waals surface area contributed by atoms with Gasteiger partial charge in [0.05, 0.1) is 0 Å². The summed E-state index contributed by atoms with van der Waals surface area (Å²) in [6.07, 6.45) is 8.34. The van der Waals surface area contributed by atoms with E-state index < -0.39 is 0 Å². The van der Waals surface area contributed by atoms with Crippen molar-refractivity contribution in [1.82, 2.24) is 4.90 Å². The van der Waals surface area contributed by atoms with Crippen molar-refractivity contribution in [2.75, 3.05) is 13.1 Å². The average molecular weight is 264 g/mol. The zero-order valence-electron chi connectivity index (χ0n) is 10.9. The van der Waals surface area contributed by atoms with Crippen molar-refractivity contribution < 1.29 is 0 Å². The Labute approximate surface area is 115 Å². The van der Waals surface area contributed by atoms with Crippen LogP contribution >= 0.6 is 11.6 Å². The van der Waals surface area contributed by atoms with Crippen LogP contribution < -0.4 is 0 Å². The Balaban J connectivity index is 1.59. The molecule has 2 aliphatic heterocycles. The van der Waals surface area contributed by atoms with E-state index in [-0.39, 0.29) is 0 Å². The maximum absolute atomic E-state index is 5.94. The first kappa shape index (κ1) is 12.5. The van der Waals surface area contributed by atoms with Crippen LogP contribution in [0, 0.1) is 5.92 Å². The Bertz CT molecular complexity index is 387. The molecule has 2 heterocycles. The number of piperidine rings is 2. The maximum Gasteiger partial charge on any atom is 0.0406 e. The predicted octanol–water partition coefficient (Wildman–Crippen LogP) is 4.15. The molecule has 2 fully saturated rings. The molecular formula is C16H22ClN. The SMILES string of the molecule is Clc1ccc(C[C@@H]2CC[C@@H]3CCCCN3C2)cc1. The van der Waals surface area contributed by atoms with Gasteiger partial charge in [0.15, 0.2) is 0 Å². The minimum Gasteiger partial charge on any atom is -0.300 e. The molecule has 0 radical (unpaired) electrons. The second-order valence-electron chi connectivity index (χ2n) is 5.92. The van der Waals surface area contributed by atoms with Crippen LogP contribution in [0.1, 0.15) is 37.7 Å². The lowest BCUT2D eigenvalue weighted by molar-refractivity contribution is 0.0753. The standard InChI is InChI=1S/C16H22ClN/c17-15-7-4-13(5-8-15)11-14-6-9-16-3-1-2-10-18(16)12-14/h4-5,7-8,14,16H,1-3,6,9-12H2/t14-,16-/m0/s1. The fraction of sp³-hybridized carbons (Fsp3) is 0.625. The van der Waals surface area contributed by atoms with E-state index >= 15 is 0 Å². The number of fused-ring (bicyclic) bond motifs is 1. The molecule has 2 atom stereocenters. The molecule has 2 heteroatoms. The van der Waals surface area contributed by atoms with Gasteiger partial charge < -0.3 is 4.90 Å². The number of hydrogen-bond donors (Lipinski definition) is 0. The third-order valence-corrected chi connectivity index (χ3v) is 4.84. The quantitative estimate of drug-likeness (QED) is 0.775. The van der Waals surface area contributed by atoms with Gasteiger partial charge in [-0.25, -0.2) is 0 Å². The molecule has 0 bridgehead atoms. The zero-order chi connectivity index (χ0) is 12.4. The van der Waals surface area contributed by atoms with Gasteiger partial charge in [-0.15, -0.1) is 0 Å². The molecule has 1 nitrogen and oxygen atoms in total. The summed E-state index contributed by atoms with van der Waals surface area (Å²) in [5.41, 5.74) is 1.44. The summed E-state index contributed by atoms with van der Waals surface area (Å²) in [5, 5.41) is 0.846. The van der Waals surface area contributed by atoms with E-state index in [1.54, 1.807) is 0 Å². The van der Waals surface area contributed by atoms with Crippen molar-refractivity contribution >= 4 is 11.6 Å². The second-order valence-corrected chi connectivity index (χ2v) is 6.35. The molecule has 0 amide bonds. The Kier molecular flexibility index (Phi) is 3.91. The maximum atomic E-state index is 5.94. The lowest BCUT2D eigenvalue weighted by Gasteiger charge is -2.42. The number of benzene rings is 1. The fourth-order valence-electron chi connectivity index (χ4n) is 3.60. The average Bonchev–Trinajstić information content (AvgIpc) is 2.41. The summed E-state index contributed by atoms with van der Waals surface area (Å²) in [6, 6.07) is 9.31. The molecular weight excluding hydrogens is 242 g/mol. The van der Waals surface area contributed by atoms with E-state index in [9.17, 15) is 0 Å². The van der Waals surface area contributed by atoms with Gasteiger partial charge in [0.1, 0.15) is 0 Å². The van der Waals surface area contributed by atoms with E-state index in [0.29, 0.717) is 0 Å². The van der Waals surface area contributed by atoms with Crippen molar-refractivity contribution in [2.45, 2.75) is 44.6 Å². The van der Waals surface area contributed by atoms with E-state index in [4.69, 9.17) is 11.6 Å². The molecule has 3 rings (SSSR count). The normalized spacial score (nSPS) is 28.9. The van der Waals surface area contributed by atoms with Gasteiger partial charge in [-0.3, -0.25) is 0 Å². The Morgan fingerprint density at radius 3 is 2.72 bits per heavy atom. The summed E-state index contributed by atoms with van der Waals surface area (Å²) in [5.74, 6) is 0.848. The Morgan fingerprint density at radius 2 is 1.89 bits per heavy atom. The number of nitrogens with zero attached hydrogens (tertiary/aromatic N) is 1. The summed E-state index contributed by atoms with van der Waals surface area (Å²) in [7, 11) is 0. The molecule has 0 spiro atoms. The van der Waals surface area contributed by atoms with E-state index in [1.807, 2.05) is 12.1 Å². The second kappa shape index (κ2) is 5.63. The van der Waals surface area contributed by atoms with Crippen LogP contribution in [0.4, 0.5) is 0 Å². The highest BCUT2D eigenvalue weighted by atomic mass is 35.5. The molecule has 98 valence electrons. The summed E-state index contributed by atoms with van der Waals surface area (Å²) in [6.45, 7) is 2.65. The first-order valence-electron chi connectivity index (χ1n) is 7.30. The van der Waals surface area contributed by atoms with E-state index in [1.165, 1.54) is 57.2 Å². The third-order valence-electron chi connectivity index (χ3n) is 4.59. The highest BCUT2D eigenvalue weighted by molar-refractivity contribution is 6.30. The third kappa shape index (κ3) is 2.89. The predicted molar refractivity (Wildman–Crippen MR) is 77.1 cm³/mol. The Hall–Kier alpha value is -0.530. The van der Waals surface area contributed by atoms with Crippen molar-refractivity contribution in [1.29, 1.82) is 0 Å². The molecule has 0 unspecified atom stereocenters. The van der Waals surface area contributed by atoms with Crippen LogP contribution in [0.5, 0.6) is 0 Å². The zero-order valence-corrected chi connectivity index (χ0v) is 11.7. The molecule has 18 heavy (non-hydrogen) atoms. The van der Waals surface area contributed by atoms with Crippen molar-refractivity contribution in [3.8, 4) is 0 Å². The molecule has 2 saturated heterocycles. The largest absolute Gasteiger partial charge is 0.300 e. The van der Waals surface area contributed by atoms with Gasteiger partial charge in [0.25, 0.3) is 0 Å². The van der Waals surface area contributed by atoms with Crippen molar-refractivity contribution in [2.24, 2.45) is 5.92 Å². The molecule has 0 N–H and O–H groups in total. The monoisotopic (exact) mass is 263 g/mol. The Morgan fingerprint density at radius 1 is 1.06 bits per heavy atom. The van der Waals surface area contributed by atoms with Gasteiger partial charge in [-0.2, -0.15) is 0 Å². The lowest BCUT2D eigenvalue weighted by atomic mass is 9.84. The van der Waals surface area contributed by atoms with Crippen molar-refractivity contribution in [3.05, 3.63) is 34.9 Å². The minimum atomic E-state index is 0.846. The molecule has 0 aromatic heterocycles. The smallest absolute Gasteiger partial charge is 0.0406 e. The summed E-state index contributed by atoms with van der Waals surface area (Å²) < 4.78 is 0. The highest BCUT2D eigenvalue weighted by Gasteiger charge is 2.29. The number of hydrogen-bond acceptors (Lipinski definition) is 1. The first-order chi connectivity index (χ1) is 8.81. The van der Waals surface area contributed by atoms with Crippen LogP contribution in [0.3, 0.4) is 0 Å². The highest BCUT2D eigenvalue weighted by Crippen LogP contribution is 2.30. The van der Waals surface area contributed by atoms with Crippen LogP contribution in [0.25, 0.3) is 0 Å². The van der Waals surface area contributed by atoms with Crippen LogP contribution in [-0.2, 0) is 6.42 Å². The minimum absolute atomic E-state index is 0.846. The fourth-order valence-corrected chi connectivity index (χ4v) is 3.72. The van der Waals surface area contributed by atoms with Gasteiger partial charge in [0.2, 0.25) is 0 Å². The molecule has 1 aromatic carbocycles. The van der Waals surface area contributed by atoms with Crippen LogP contribution in [0.15, 0.2) is 24.3 Å². The molecule has 2 aliphatic rings. The number of halogens is 1. The van der Waals surface area contributed by atoms with E-state index in [0.717, 1.165) is 17.0 Å². The van der Waals surface area contributed by atoms with Gasteiger partial charge in [-0.05, 0) is 62.3 Å². The van der Waals surface area contributed by atoms with Crippen LogP contribution in [0.2, 0.25) is 5.02 Å². The van der Waals surface area contributed by atoms with Gasteiger partial charge >= 0.3 is 0 Å². The number of rotatable bonds is 2. The van der Waals surface area contributed by atoms with Crippen LogP contribution in [-0.4, -0.2) is 24.0 Å². The van der Waals surface area contributed by atoms with E-state index in [2.05, 4.69) is 17.0 Å². The first-order valence-corrected chi connectivity index (χ1v) is 7.67. The summed E-state index contributed by atoms with van der Waals surface area (Å²) in [4.78, 5) is 2.74. The topological polar surface area (TPSA) is 3.24 Å². The molecule has 0 saturated carbocycles. The molecule has 1 aromatic rings. The lowest BCUT2D eigenvalue weighted by Crippen LogP contribution is -2.46. The molecule has 0 aliphatic carbocycles.